The molecule has 4 heterocycles. The van der Waals surface area contributed by atoms with Crippen LogP contribution in [0, 0.1) is 0 Å². The Kier molecular flexibility index (Phi) is 5.86. The van der Waals surface area contributed by atoms with Crippen molar-refractivity contribution < 1.29 is 9.90 Å². The highest BCUT2D eigenvalue weighted by Crippen LogP contribution is 2.26. The van der Waals surface area contributed by atoms with Crippen molar-refractivity contribution in [1.82, 2.24) is 24.6 Å². The molecule has 0 radical (unpaired) electrons. The maximum atomic E-state index is 13.0. The SMILES string of the molecule is Cn1cc(-c2ccc(C(=O)N3CCC(O)(CN4CCN(c5ccccc5)CC4)C3)cn2)cn1. The number of nitrogens with zero attached hydrogens (tertiary/aromatic N) is 6. The predicted octanol–water partition coefficient (Wildman–Crippen LogP) is 1.88. The normalized spacial score (nSPS) is 21.5. The molecule has 2 saturated heterocycles. The monoisotopic (exact) mass is 446 g/mol. The Morgan fingerprint density at radius 2 is 1.82 bits per heavy atom. The Labute approximate surface area is 194 Å². The molecule has 5 rings (SSSR count). The average Bonchev–Trinajstić information content (AvgIpc) is 3.45. The second-order valence-electron chi connectivity index (χ2n) is 9.13. The molecule has 0 bridgehead atoms. The lowest BCUT2D eigenvalue weighted by molar-refractivity contribution is 0.0103. The van der Waals surface area contributed by atoms with E-state index in [1.165, 1.54) is 5.69 Å². The van der Waals surface area contributed by atoms with Gasteiger partial charge in [-0.3, -0.25) is 19.4 Å². The van der Waals surface area contributed by atoms with Crippen LogP contribution in [0.3, 0.4) is 0 Å². The highest BCUT2D eigenvalue weighted by molar-refractivity contribution is 5.94. The van der Waals surface area contributed by atoms with Crippen LogP contribution in [0.1, 0.15) is 16.8 Å². The Hall–Kier alpha value is -3.23. The van der Waals surface area contributed by atoms with Gasteiger partial charge in [-0.05, 0) is 30.7 Å². The fraction of sp³-hybridized carbons (Fsp3) is 0.400. The quantitative estimate of drug-likeness (QED) is 0.645. The summed E-state index contributed by atoms with van der Waals surface area (Å²) < 4.78 is 1.72. The van der Waals surface area contributed by atoms with E-state index in [9.17, 15) is 9.90 Å². The van der Waals surface area contributed by atoms with Gasteiger partial charge in [0.1, 0.15) is 0 Å². The van der Waals surface area contributed by atoms with E-state index in [-0.39, 0.29) is 5.91 Å². The summed E-state index contributed by atoms with van der Waals surface area (Å²) in [7, 11) is 1.86. The molecule has 33 heavy (non-hydrogen) atoms. The van der Waals surface area contributed by atoms with Crippen molar-refractivity contribution in [3.8, 4) is 11.3 Å². The van der Waals surface area contributed by atoms with Crippen molar-refractivity contribution in [3.05, 3.63) is 66.6 Å². The van der Waals surface area contributed by atoms with Gasteiger partial charge in [-0.1, -0.05) is 18.2 Å². The number of aromatic nitrogens is 3. The molecule has 8 nitrogen and oxygen atoms in total. The molecule has 0 saturated carbocycles. The summed E-state index contributed by atoms with van der Waals surface area (Å²) in [6.45, 7) is 5.21. The van der Waals surface area contributed by atoms with Crippen LogP contribution in [0.15, 0.2) is 61.1 Å². The van der Waals surface area contributed by atoms with Crippen molar-refractivity contribution in [3.63, 3.8) is 0 Å². The number of piperazine rings is 1. The number of rotatable bonds is 5. The van der Waals surface area contributed by atoms with Gasteiger partial charge < -0.3 is 14.9 Å². The van der Waals surface area contributed by atoms with Crippen LogP contribution in [0.25, 0.3) is 11.3 Å². The van der Waals surface area contributed by atoms with Crippen LogP contribution >= 0.6 is 0 Å². The van der Waals surface area contributed by atoms with Crippen molar-refractivity contribution in [2.75, 3.05) is 50.7 Å². The van der Waals surface area contributed by atoms with E-state index in [1.807, 2.05) is 25.4 Å². The number of aryl methyl sites for hydroxylation is 1. The summed E-state index contributed by atoms with van der Waals surface area (Å²) >= 11 is 0. The number of amides is 1. The summed E-state index contributed by atoms with van der Waals surface area (Å²) in [5.74, 6) is -0.0786. The lowest BCUT2D eigenvalue weighted by Crippen LogP contribution is -2.53. The van der Waals surface area contributed by atoms with Crippen molar-refractivity contribution in [2.45, 2.75) is 12.0 Å². The lowest BCUT2D eigenvalue weighted by atomic mass is 10.0. The Morgan fingerprint density at radius 1 is 1.03 bits per heavy atom. The Bertz CT molecular complexity index is 1090. The van der Waals surface area contributed by atoms with Crippen molar-refractivity contribution in [2.24, 2.45) is 7.05 Å². The van der Waals surface area contributed by atoms with Crippen LogP contribution in [-0.2, 0) is 7.05 Å². The zero-order valence-electron chi connectivity index (χ0n) is 19.0. The Morgan fingerprint density at radius 3 is 2.48 bits per heavy atom. The maximum Gasteiger partial charge on any atom is 0.255 e. The first kappa shape index (κ1) is 21.6. The summed E-state index contributed by atoms with van der Waals surface area (Å²) in [5.41, 5.74) is 2.62. The molecule has 1 unspecified atom stereocenters. The number of para-hydroxylation sites is 1. The molecule has 1 N–H and O–H groups in total. The molecular weight excluding hydrogens is 416 g/mol. The van der Waals surface area contributed by atoms with Gasteiger partial charge in [0.05, 0.1) is 29.6 Å². The molecule has 1 atom stereocenters. The largest absolute Gasteiger partial charge is 0.387 e. The molecular formula is C25H30N6O2. The number of anilines is 1. The number of hydrogen-bond acceptors (Lipinski definition) is 6. The first-order valence-electron chi connectivity index (χ1n) is 11.5. The van der Waals surface area contributed by atoms with Crippen LogP contribution in [0.5, 0.6) is 0 Å². The number of carbonyl (C=O) groups is 1. The zero-order chi connectivity index (χ0) is 22.8. The third kappa shape index (κ3) is 4.77. The molecule has 1 aromatic carbocycles. The number of aliphatic hydroxyl groups is 1. The standard InChI is InChI=1S/C25H30N6O2/c1-28-17-21(16-27-28)23-8-7-20(15-26-23)24(32)31-10-9-25(33,19-31)18-29-11-13-30(14-12-29)22-5-3-2-4-6-22/h2-8,15-17,33H,9-14,18-19H2,1H3. The molecule has 8 heteroatoms. The molecule has 0 spiro atoms. The molecule has 3 aromatic rings. The summed E-state index contributed by atoms with van der Waals surface area (Å²) in [6, 6.07) is 14.1. The molecule has 172 valence electrons. The fourth-order valence-electron chi connectivity index (χ4n) is 4.81. The summed E-state index contributed by atoms with van der Waals surface area (Å²) in [4.78, 5) is 23.9. The summed E-state index contributed by atoms with van der Waals surface area (Å²) in [5, 5.41) is 15.4. The predicted molar refractivity (Wildman–Crippen MR) is 127 cm³/mol. The average molecular weight is 447 g/mol. The van der Waals surface area contributed by atoms with Gasteiger partial charge in [0, 0.05) is 70.0 Å². The van der Waals surface area contributed by atoms with Crippen LogP contribution < -0.4 is 4.90 Å². The van der Waals surface area contributed by atoms with Gasteiger partial charge in [-0.15, -0.1) is 0 Å². The van der Waals surface area contributed by atoms with Gasteiger partial charge in [-0.25, -0.2) is 0 Å². The summed E-state index contributed by atoms with van der Waals surface area (Å²) in [6.07, 6.45) is 5.86. The van der Waals surface area contributed by atoms with Crippen LogP contribution in [0.2, 0.25) is 0 Å². The van der Waals surface area contributed by atoms with E-state index in [1.54, 1.807) is 28.0 Å². The van der Waals surface area contributed by atoms with Gasteiger partial charge in [0.25, 0.3) is 5.91 Å². The second-order valence-corrected chi connectivity index (χ2v) is 9.13. The van der Waals surface area contributed by atoms with Crippen LogP contribution in [-0.4, -0.2) is 87.0 Å². The van der Waals surface area contributed by atoms with Gasteiger partial charge in [0.15, 0.2) is 0 Å². The molecule has 1 amide bonds. The lowest BCUT2D eigenvalue weighted by Gasteiger charge is -2.39. The minimum Gasteiger partial charge on any atom is -0.387 e. The van der Waals surface area contributed by atoms with E-state index in [4.69, 9.17) is 0 Å². The second kappa shape index (κ2) is 8.96. The molecule has 2 aliphatic heterocycles. The van der Waals surface area contributed by atoms with Gasteiger partial charge in [-0.2, -0.15) is 5.10 Å². The number of benzene rings is 1. The van der Waals surface area contributed by atoms with E-state index in [0.717, 1.165) is 37.4 Å². The molecule has 0 aliphatic carbocycles. The number of β-amino-alcohol motifs (C(OH)–C–C–N with tert-alkyl or cyclic N) is 1. The smallest absolute Gasteiger partial charge is 0.255 e. The van der Waals surface area contributed by atoms with E-state index in [0.29, 0.717) is 31.6 Å². The number of pyridine rings is 1. The van der Waals surface area contributed by atoms with Crippen LogP contribution in [0.4, 0.5) is 5.69 Å². The van der Waals surface area contributed by atoms with E-state index >= 15 is 0 Å². The minimum atomic E-state index is -0.867. The van der Waals surface area contributed by atoms with E-state index in [2.05, 4.69) is 44.1 Å². The van der Waals surface area contributed by atoms with Crippen molar-refractivity contribution in [1.29, 1.82) is 0 Å². The molecule has 2 fully saturated rings. The number of likely N-dealkylation sites (tertiary alicyclic amines) is 1. The number of carbonyl (C=O) groups excluding carboxylic acids is 1. The van der Waals surface area contributed by atoms with Gasteiger partial charge >= 0.3 is 0 Å². The van der Waals surface area contributed by atoms with E-state index < -0.39 is 5.60 Å². The first-order valence-corrected chi connectivity index (χ1v) is 11.5. The highest BCUT2D eigenvalue weighted by Gasteiger charge is 2.40. The fourth-order valence-corrected chi connectivity index (χ4v) is 4.81. The Balaban J connectivity index is 1.16. The minimum absolute atomic E-state index is 0.0786. The van der Waals surface area contributed by atoms with Crippen molar-refractivity contribution >= 4 is 11.6 Å². The number of hydrogen-bond donors (Lipinski definition) is 1. The third-order valence-corrected chi connectivity index (χ3v) is 6.64. The molecule has 2 aliphatic rings. The van der Waals surface area contributed by atoms with Gasteiger partial charge in [0.2, 0.25) is 0 Å². The first-order chi connectivity index (χ1) is 16.0. The topological polar surface area (TPSA) is 77.7 Å². The zero-order valence-corrected chi connectivity index (χ0v) is 19.0. The highest BCUT2D eigenvalue weighted by atomic mass is 16.3. The molecule has 2 aromatic heterocycles. The third-order valence-electron chi connectivity index (χ3n) is 6.64. The maximum absolute atomic E-state index is 13.0.